The number of hydrogen-bond acceptors (Lipinski definition) is 2. The Kier molecular flexibility index (Phi) is 7.03. The summed E-state index contributed by atoms with van der Waals surface area (Å²) in [6, 6.07) is 61.4. The van der Waals surface area contributed by atoms with Crippen LogP contribution in [0.1, 0.15) is 11.5 Å². The minimum atomic E-state index is 0.0254. The van der Waals surface area contributed by atoms with Gasteiger partial charge in [-0.3, -0.25) is 0 Å². The van der Waals surface area contributed by atoms with Gasteiger partial charge in [-0.1, -0.05) is 146 Å². The van der Waals surface area contributed by atoms with Crippen LogP contribution in [0.5, 0.6) is 5.75 Å². The molecule has 0 radical (unpaired) electrons. The third kappa shape index (κ3) is 4.95. The van der Waals surface area contributed by atoms with E-state index < -0.39 is 0 Å². The fraction of sp³-hybridized carbons (Fsp3) is 0.0385. The average molecular weight is 691 g/mol. The molecule has 8 aromatic carbocycles. The number of fused-ring (bicyclic) bond motifs is 6. The van der Waals surface area contributed by atoms with Gasteiger partial charge in [0.2, 0.25) is 0 Å². The van der Waals surface area contributed by atoms with Crippen molar-refractivity contribution in [3.8, 4) is 61.6 Å². The molecule has 2 unspecified atom stereocenters. The molecular formula is C52H34O2. The van der Waals surface area contributed by atoms with Gasteiger partial charge in [0.15, 0.2) is 0 Å². The van der Waals surface area contributed by atoms with E-state index in [1.165, 1.54) is 71.6 Å². The molecule has 54 heavy (non-hydrogen) atoms. The van der Waals surface area contributed by atoms with Gasteiger partial charge in [0.1, 0.15) is 23.2 Å². The van der Waals surface area contributed by atoms with Crippen LogP contribution in [0.15, 0.2) is 199 Å². The number of furan rings is 1. The predicted octanol–water partition coefficient (Wildman–Crippen LogP) is 14.0. The van der Waals surface area contributed by atoms with Crippen molar-refractivity contribution in [2.75, 3.05) is 0 Å². The zero-order chi connectivity index (χ0) is 35.6. The Morgan fingerprint density at radius 2 is 0.981 bits per heavy atom. The third-order valence-electron chi connectivity index (χ3n) is 11.2. The average Bonchev–Trinajstić information content (AvgIpc) is 3.85. The molecule has 2 aliphatic rings. The van der Waals surface area contributed by atoms with Crippen molar-refractivity contribution in [2.24, 2.45) is 0 Å². The van der Waals surface area contributed by atoms with E-state index in [4.69, 9.17) is 9.15 Å². The number of hydrogen-bond donors (Lipinski definition) is 0. The van der Waals surface area contributed by atoms with Crippen LogP contribution < -0.4 is 4.74 Å². The molecule has 0 N–H and O–H groups in total. The Labute approximate surface area is 313 Å². The van der Waals surface area contributed by atoms with Crippen molar-refractivity contribution < 1.29 is 9.15 Å². The summed E-state index contributed by atoms with van der Waals surface area (Å²) in [5, 5.41) is 5.98. The highest BCUT2D eigenvalue weighted by molar-refractivity contribution is 6.22. The lowest BCUT2D eigenvalue weighted by Crippen LogP contribution is -2.15. The lowest BCUT2D eigenvalue weighted by molar-refractivity contribution is 0.269. The maximum Gasteiger partial charge on any atom is 0.135 e. The quantitative estimate of drug-likeness (QED) is 0.168. The third-order valence-corrected chi connectivity index (χ3v) is 11.2. The van der Waals surface area contributed by atoms with Gasteiger partial charge in [-0.05, 0) is 115 Å². The van der Waals surface area contributed by atoms with Gasteiger partial charge >= 0.3 is 0 Å². The Morgan fingerprint density at radius 3 is 1.63 bits per heavy atom. The maximum absolute atomic E-state index is 6.60. The van der Waals surface area contributed by atoms with Gasteiger partial charge in [-0.15, -0.1) is 0 Å². The molecule has 2 heteroatoms. The van der Waals surface area contributed by atoms with E-state index in [0.717, 1.165) is 28.0 Å². The Bertz CT molecular complexity index is 2850. The molecule has 2 nitrogen and oxygen atoms in total. The summed E-state index contributed by atoms with van der Waals surface area (Å²) in [7, 11) is 0. The first-order valence-electron chi connectivity index (χ1n) is 18.7. The van der Waals surface area contributed by atoms with Gasteiger partial charge in [-0.25, -0.2) is 0 Å². The van der Waals surface area contributed by atoms with Gasteiger partial charge in [0.25, 0.3) is 0 Å². The number of ether oxygens (including phenoxy) is 1. The van der Waals surface area contributed by atoms with Crippen LogP contribution in [0.25, 0.3) is 88.3 Å². The van der Waals surface area contributed by atoms with E-state index in [2.05, 4.69) is 194 Å². The number of benzene rings is 8. The molecule has 2 atom stereocenters. The van der Waals surface area contributed by atoms with Gasteiger partial charge < -0.3 is 9.15 Å². The highest BCUT2D eigenvalue weighted by atomic mass is 16.5. The first kappa shape index (κ1) is 30.7. The molecule has 254 valence electrons. The van der Waals surface area contributed by atoms with Crippen LogP contribution in [0.2, 0.25) is 0 Å². The smallest absolute Gasteiger partial charge is 0.135 e. The minimum absolute atomic E-state index is 0.0254. The fourth-order valence-corrected chi connectivity index (χ4v) is 8.76. The monoisotopic (exact) mass is 690 g/mol. The Balaban J connectivity index is 1.10. The lowest BCUT2D eigenvalue weighted by atomic mass is 9.84. The molecule has 1 aliphatic carbocycles. The molecule has 0 saturated heterocycles. The van der Waals surface area contributed by atoms with Crippen LogP contribution in [0.4, 0.5) is 0 Å². The van der Waals surface area contributed by atoms with Crippen LogP contribution >= 0.6 is 0 Å². The molecule has 0 saturated carbocycles. The fourth-order valence-electron chi connectivity index (χ4n) is 8.76. The predicted molar refractivity (Wildman–Crippen MR) is 224 cm³/mol. The van der Waals surface area contributed by atoms with E-state index in [1.54, 1.807) is 0 Å². The molecule has 9 aromatic rings. The summed E-state index contributed by atoms with van der Waals surface area (Å²) in [5.41, 5.74) is 12.8. The van der Waals surface area contributed by atoms with Crippen molar-refractivity contribution >= 4 is 32.5 Å². The molecule has 0 fully saturated rings. The first-order valence-corrected chi connectivity index (χ1v) is 18.7. The van der Waals surface area contributed by atoms with Crippen molar-refractivity contribution in [3.63, 3.8) is 0 Å². The van der Waals surface area contributed by atoms with E-state index in [1.807, 2.05) is 0 Å². The SMILES string of the molecule is C1=CC2Oc3cccc(-c4cc5cc(-c6c7ccccc7c(-c7cc(-c8ccccc8)cc(-c8ccccc8)c7)c7ccccc67)ccc5o4)c3C2C=C1. The van der Waals surface area contributed by atoms with Crippen LogP contribution in [0.3, 0.4) is 0 Å². The largest absolute Gasteiger partial charge is 0.485 e. The molecular weight excluding hydrogens is 657 g/mol. The van der Waals surface area contributed by atoms with Crippen LogP contribution in [-0.2, 0) is 0 Å². The van der Waals surface area contributed by atoms with Crippen molar-refractivity contribution in [1.82, 2.24) is 0 Å². The Morgan fingerprint density at radius 1 is 0.407 bits per heavy atom. The summed E-state index contributed by atoms with van der Waals surface area (Å²) in [6.45, 7) is 0. The van der Waals surface area contributed by atoms with Crippen LogP contribution in [-0.4, -0.2) is 6.10 Å². The number of allylic oxidation sites excluding steroid dienone is 2. The molecule has 0 amide bonds. The zero-order valence-corrected chi connectivity index (χ0v) is 29.4. The molecule has 11 rings (SSSR count). The summed E-state index contributed by atoms with van der Waals surface area (Å²) in [5.74, 6) is 1.98. The Hall–Kier alpha value is -6.90. The van der Waals surface area contributed by atoms with Gasteiger partial charge in [-0.2, -0.15) is 0 Å². The van der Waals surface area contributed by atoms with Crippen molar-refractivity contribution in [3.05, 3.63) is 200 Å². The maximum atomic E-state index is 6.60. The van der Waals surface area contributed by atoms with Gasteiger partial charge in [0.05, 0.1) is 0 Å². The summed E-state index contributed by atoms with van der Waals surface area (Å²) >= 11 is 0. The van der Waals surface area contributed by atoms with Crippen molar-refractivity contribution in [1.29, 1.82) is 0 Å². The number of rotatable bonds is 5. The van der Waals surface area contributed by atoms with Crippen LogP contribution in [0, 0.1) is 0 Å². The minimum Gasteiger partial charge on any atom is -0.485 e. The molecule has 1 aromatic heterocycles. The first-order chi connectivity index (χ1) is 26.8. The van der Waals surface area contributed by atoms with Gasteiger partial charge in [0, 0.05) is 22.4 Å². The van der Waals surface area contributed by atoms with E-state index in [9.17, 15) is 0 Å². The second kappa shape index (κ2) is 12.4. The molecule has 0 bridgehead atoms. The normalized spacial score (nSPS) is 15.8. The lowest BCUT2D eigenvalue weighted by Gasteiger charge is -2.19. The second-order valence-electron chi connectivity index (χ2n) is 14.3. The molecule has 0 spiro atoms. The van der Waals surface area contributed by atoms with E-state index in [-0.39, 0.29) is 12.0 Å². The molecule has 2 heterocycles. The van der Waals surface area contributed by atoms with E-state index >= 15 is 0 Å². The zero-order valence-electron chi connectivity index (χ0n) is 29.4. The molecule has 1 aliphatic heterocycles. The van der Waals surface area contributed by atoms with Crippen molar-refractivity contribution in [2.45, 2.75) is 12.0 Å². The second-order valence-corrected chi connectivity index (χ2v) is 14.3. The topological polar surface area (TPSA) is 22.4 Å². The standard InChI is InChI=1S/C52H34O2/c1-3-14-33(15-4-1)36-29-37(34-16-5-2-6-17-34)31-39(30-36)51-42-20-9-7-18-40(42)50(41-19-8-10-21-43(41)51)35-26-27-46-38(28-35)32-49(53-46)45-23-13-25-48-52(45)44-22-11-12-24-47(44)54-48/h1-32,44,47H. The van der Waals surface area contributed by atoms with E-state index in [0.29, 0.717) is 0 Å². The summed E-state index contributed by atoms with van der Waals surface area (Å²) in [6.07, 6.45) is 8.59. The highest BCUT2D eigenvalue weighted by Gasteiger charge is 2.35. The highest BCUT2D eigenvalue weighted by Crippen LogP contribution is 2.49. The summed E-state index contributed by atoms with van der Waals surface area (Å²) in [4.78, 5) is 0. The summed E-state index contributed by atoms with van der Waals surface area (Å²) < 4.78 is 12.9.